The van der Waals surface area contributed by atoms with Gasteiger partial charge >= 0.3 is 0 Å². The maximum absolute atomic E-state index is 13.1. The Kier molecular flexibility index (Phi) is 10.1. The number of hydrogen-bond donors (Lipinski definition) is 1. The number of amides is 2. The molecule has 0 unspecified atom stereocenters. The second-order valence-corrected chi connectivity index (χ2v) is 8.55. The summed E-state index contributed by atoms with van der Waals surface area (Å²) in [5, 5.41) is 2.96. The molecule has 1 N–H and O–H groups in total. The van der Waals surface area contributed by atoms with Gasteiger partial charge in [0.2, 0.25) is 11.8 Å². The highest BCUT2D eigenvalue weighted by atomic mass is 79.9. The van der Waals surface area contributed by atoms with Gasteiger partial charge in [-0.3, -0.25) is 9.59 Å². The Morgan fingerprint density at radius 2 is 1.57 bits per heavy atom. The maximum Gasteiger partial charge on any atom is 0.242 e. The summed E-state index contributed by atoms with van der Waals surface area (Å²) < 4.78 is 0.991. The molecule has 162 valence electrons. The van der Waals surface area contributed by atoms with Gasteiger partial charge in [0.1, 0.15) is 6.04 Å². The lowest BCUT2D eigenvalue weighted by molar-refractivity contribution is -0.140. The van der Waals surface area contributed by atoms with E-state index in [0.29, 0.717) is 25.9 Å². The van der Waals surface area contributed by atoms with E-state index in [-0.39, 0.29) is 11.8 Å². The first-order valence-electron chi connectivity index (χ1n) is 10.8. The third-order valence-electron chi connectivity index (χ3n) is 5.32. The first-order chi connectivity index (χ1) is 14.4. The van der Waals surface area contributed by atoms with Gasteiger partial charge in [-0.25, -0.2) is 0 Å². The minimum absolute atomic E-state index is 0.00405. The molecule has 2 aromatic carbocycles. The standard InChI is InChI=1S/C25H33BrN2O2/c1-4-6-17-27-25(30)19(3)28(18-22-11-14-23(26)15-12-22)24(29)16-13-21-9-7-20(5-2)8-10-21/h7-12,14-15,19H,4-6,13,16-18H2,1-3H3,(H,27,30)/t19-/m0/s1. The average Bonchev–Trinajstić information content (AvgIpc) is 2.77. The van der Waals surface area contributed by atoms with Gasteiger partial charge in [-0.15, -0.1) is 0 Å². The Balaban J connectivity index is 2.08. The number of carbonyl (C=O) groups is 2. The van der Waals surface area contributed by atoms with Crippen LogP contribution in [0.1, 0.15) is 56.7 Å². The zero-order valence-electron chi connectivity index (χ0n) is 18.3. The summed E-state index contributed by atoms with van der Waals surface area (Å²) in [7, 11) is 0. The molecule has 0 fully saturated rings. The zero-order chi connectivity index (χ0) is 21.9. The van der Waals surface area contributed by atoms with Gasteiger partial charge in [-0.2, -0.15) is 0 Å². The molecule has 0 heterocycles. The van der Waals surface area contributed by atoms with Crippen LogP contribution in [-0.2, 0) is 29.0 Å². The normalized spacial score (nSPS) is 11.7. The van der Waals surface area contributed by atoms with Gasteiger partial charge in [0.05, 0.1) is 0 Å². The van der Waals surface area contributed by atoms with E-state index in [1.807, 2.05) is 31.2 Å². The maximum atomic E-state index is 13.1. The van der Waals surface area contributed by atoms with Crippen molar-refractivity contribution in [3.63, 3.8) is 0 Å². The predicted octanol–water partition coefficient (Wildman–Crippen LogP) is 5.28. The fourth-order valence-corrected chi connectivity index (χ4v) is 3.51. The van der Waals surface area contributed by atoms with Crippen molar-refractivity contribution in [3.8, 4) is 0 Å². The van der Waals surface area contributed by atoms with Gasteiger partial charge in [0, 0.05) is 24.0 Å². The van der Waals surface area contributed by atoms with Crippen LogP contribution in [0.5, 0.6) is 0 Å². The molecule has 0 aliphatic rings. The molecular formula is C25H33BrN2O2. The third kappa shape index (κ3) is 7.60. The number of rotatable bonds is 11. The van der Waals surface area contributed by atoms with Crippen LogP contribution in [0.3, 0.4) is 0 Å². The molecule has 0 aliphatic carbocycles. The van der Waals surface area contributed by atoms with Gasteiger partial charge in [0.25, 0.3) is 0 Å². The second kappa shape index (κ2) is 12.5. The number of benzene rings is 2. The van der Waals surface area contributed by atoms with E-state index < -0.39 is 6.04 Å². The first-order valence-corrected chi connectivity index (χ1v) is 11.6. The molecule has 2 amide bonds. The molecule has 0 radical (unpaired) electrons. The van der Waals surface area contributed by atoms with Crippen molar-refractivity contribution in [2.24, 2.45) is 0 Å². The molecule has 30 heavy (non-hydrogen) atoms. The topological polar surface area (TPSA) is 49.4 Å². The number of carbonyl (C=O) groups excluding carboxylic acids is 2. The van der Waals surface area contributed by atoms with Crippen LogP contribution in [0.2, 0.25) is 0 Å². The number of halogens is 1. The number of nitrogens with zero attached hydrogens (tertiary/aromatic N) is 1. The van der Waals surface area contributed by atoms with Crippen LogP contribution < -0.4 is 5.32 Å². The van der Waals surface area contributed by atoms with Crippen molar-refractivity contribution < 1.29 is 9.59 Å². The smallest absolute Gasteiger partial charge is 0.242 e. The molecule has 0 spiro atoms. The summed E-state index contributed by atoms with van der Waals surface area (Å²) in [4.78, 5) is 27.5. The van der Waals surface area contributed by atoms with Gasteiger partial charge in [-0.1, -0.05) is 72.6 Å². The third-order valence-corrected chi connectivity index (χ3v) is 5.85. The molecule has 1 atom stereocenters. The summed E-state index contributed by atoms with van der Waals surface area (Å²) in [5.74, 6) is -0.100. The van der Waals surface area contributed by atoms with E-state index in [0.717, 1.165) is 34.9 Å². The Morgan fingerprint density at radius 3 is 2.17 bits per heavy atom. The molecule has 0 bridgehead atoms. The molecule has 0 aromatic heterocycles. The molecule has 4 nitrogen and oxygen atoms in total. The van der Waals surface area contributed by atoms with Crippen LogP contribution in [-0.4, -0.2) is 29.3 Å². The molecule has 5 heteroatoms. The molecule has 2 rings (SSSR count). The van der Waals surface area contributed by atoms with Crippen molar-refractivity contribution in [3.05, 3.63) is 69.7 Å². The summed E-state index contributed by atoms with van der Waals surface area (Å²) >= 11 is 3.44. The van der Waals surface area contributed by atoms with E-state index >= 15 is 0 Å². The molecule has 0 saturated heterocycles. The Labute approximate surface area is 189 Å². The minimum Gasteiger partial charge on any atom is -0.354 e. The Hall–Kier alpha value is -2.14. The van der Waals surface area contributed by atoms with Crippen molar-refractivity contribution in [2.75, 3.05) is 6.54 Å². The lowest BCUT2D eigenvalue weighted by atomic mass is 10.0. The Bertz CT molecular complexity index is 803. The average molecular weight is 473 g/mol. The number of aryl methyl sites for hydroxylation is 2. The monoisotopic (exact) mass is 472 g/mol. The highest BCUT2D eigenvalue weighted by molar-refractivity contribution is 9.10. The van der Waals surface area contributed by atoms with Crippen molar-refractivity contribution in [1.82, 2.24) is 10.2 Å². The van der Waals surface area contributed by atoms with Gasteiger partial charge in [-0.05, 0) is 55.0 Å². The van der Waals surface area contributed by atoms with E-state index in [2.05, 4.69) is 59.4 Å². The lowest BCUT2D eigenvalue weighted by Crippen LogP contribution is -2.47. The highest BCUT2D eigenvalue weighted by Crippen LogP contribution is 2.16. The summed E-state index contributed by atoms with van der Waals surface area (Å²) in [6.45, 7) is 7.10. The van der Waals surface area contributed by atoms with E-state index in [9.17, 15) is 9.59 Å². The quantitative estimate of drug-likeness (QED) is 0.452. The van der Waals surface area contributed by atoms with Gasteiger partial charge < -0.3 is 10.2 Å². The molecule has 2 aromatic rings. The predicted molar refractivity (Wildman–Crippen MR) is 126 cm³/mol. The SMILES string of the molecule is CCCCNC(=O)[C@H](C)N(Cc1ccc(Br)cc1)C(=O)CCc1ccc(CC)cc1. The van der Waals surface area contributed by atoms with E-state index in [1.54, 1.807) is 4.90 Å². The summed E-state index contributed by atoms with van der Waals surface area (Å²) in [6.07, 6.45) is 4.02. The zero-order valence-corrected chi connectivity index (χ0v) is 19.9. The number of unbranched alkanes of at least 4 members (excludes halogenated alkanes) is 1. The van der Waals surface area contributed by atoms with Crippen molar-refractivity contribution in [1.29, 1.82) is 0 Å². The Morgan fingerprint density at radius 1 is 0.967 bits per heavy atom. The fraction of sp³-hybridized carbons (Fsp3) is 0.440. The summed E-state index contributed by atoms with van der Waals surface area (Å²) in [6, 6.07) is 15.8. The van der Waals surface area contributed by atoms with Crippen LogP contribution >= 0.6 is 15.9 Å². The molecule has 0 saturated carbocycles. The first kappa shape index (κ1) is 24.1. The lowest BCUT2D eigenvalue weighted by Gasteiger charge is -2.29. The summed E-state index contributed by atoms with van der Waals surface area (Å²) in [5.41, 5.74) is 3.44. The number of hydrogen-bond acceptors (Lipinski definition) is 2. The number of nitrogens with one attached hydrogen (secondary N) is 1. The van der Waals surface area contributed by atoms with E-state index in [1.165, 1.54) is 5.56 Å². The van der Waals surface area contributed by atoms with Crippen LogP contribution in [0.15, 0.2) is 53.0 Å². The molecular weight excluding hydrogens is 440 g/mol. The van der Waals surface area contributed by atoms with Crippen LogP contribution in [0.4, 0.5) is 0 Å². The largest absolute Gasteiger partial charge is 0.354 e. The van der Waals surface area contributed by atoms with Crippen molar-refractivity contribution in [2.45, 2.75) is 65.5 Å². The van der Waals surface area contributed by atoms with Crippen LogP contribution in [0.25, 0.3) is 0 Å². The minimum atomic E-state index is -0.513. The second-order valence-electron chi connectivity index (χ2n) is 7.64. The fourth-order valence-electron chi connectivity index (χ4n) is 3.24. The van der Waals surface area contributed by atoms with E-state index in [4.69, 9.17) is 0 Å². The van der Waals surface area contributed by atoms with Crippen LogP contribution in [0, 0.1) is 0 Å². The highest BCUT2D eigenvalue weighted by Gasteiger charge is 2.25. The van der Waals surface area contributed by atoms with Gasteiger partial charge in [0.15, 0.2) is 0 Å². The van der Waals surface area contributed by atoms with Crippen molar-refractivity contribution >= 4 is 27.7 Å². The molecule has 0 aliphatic heterocycles.